The Labute approximate surface area is 94.6 Å². The summed E-state index contributed by atoms with van der Waals surface area (Å²) in [5, 5.41) is 6.71. The van der Waals surface area contributed by atoms with Crippen LogP contribution in [0.25, 0.3) is 0 Å². The van der Waals surface area contributed by atoms with Crippen LogP contribution in [0, 0.1) is 0 Å². The minimum absolute atomic E-state index is 0.0657. The number of nitrogens with one attached hydrogen (secondary N) is 1. The van der Waals surface area contributed by atoms with Crippen LogP contribution in [-0.4, -0.2) is 64.1 Å². The topological polar surface area (TPSA) is 65.1 Å². The fourth-order valence-electron chi connectivity index (χ4n) is 1.70. The number of likely N-dealkylation sites (N-methyl/N-ethyl adjacent to an activating group) is 1. The summed E-state index contributed by atoms with van der Waals surface area (Å²) in [6.45, 7) is 5.31. The van der Waals surface area contributed by atoms with Gasteiger partial charge in [0, 0.05) is 32.6 Å². The van der Waals surface area contributed by atoms with Crippen molar-refractivity contribution < 1.29 is 4.79 Å². The van der Waals surface area contributed by atoms with Crippen LogP contribution in [0.4, 0.5) is 0 Å². The zero-order valence-electron chi connectivity index (χ0n) is 9.73. The second-order valence-corrected chi connectivity index (χ2v) is 4.05. The summed E-state index contributed by atoms with van der Waals surface area (Å²) in [6.07, 6.45) is 0.767. The number of piperazine rings is 1. The van der Waals surface area contributed by atoms with E-state index in [1.165, 1.54) is 0 Å². The number of aromatic nitrogens is 3. The number of rotatable bonds is 2. The predicted octanol–water partition coefficient (Wildman–Crippen LogP) is -0.245. The van der Waals surface area contributed by atoms with Gasteiger partial charge in [0.25, 0.3) is 5.91 Å². The van der Waals surface area contributed by atoms with Crippen LogP contribution in [0.5, 0.6) is 0 Å². The number of hydrogen-bond acceptors (Lipinski definition) is 4. The molecule has 0 spiro atoms. The van der Waals surface area contributed by atoms with Gasteiger partial charge in [0.2, 0.25) is 5.82 Å². The SMILES string of the molecule is CCc1nc(C(=O)N2CCN(C)CC2)n[nH]1. The monoisotopic (exact) mass is 223 g/mol. The second kappa shape index (κ2) is 4.61. The molecule has 1 aliphatic heterocycles. The highest BCUT2D eigenvalue weighted by atomic mass is 16.2. The maximum atomic E-state index is 12.0. The van der Waals surface area contributed by atoms with Gasteiger partial charge in [-0.2, -0.15) is 0 Å². The fourth-order valence-corrected chi connectivity index (χ4v) is 1.70. The second-order valence-electron chi connectivity index (χ2n) is 4.05. The first-order valence-electron chi connectivity index (χ1n) is 5.59. The molecule has 0 aliphatic carbocycles. The van der Waals surface area contributed by atoms with E-state index in [2.05, 4.69) is 27.1 Å². The lowest BCUT2D eigenvalue weighted by Gasteiger charge is -2.31. The van der Waals surface area contributed by atoms with Crippen LogP contribution in [0.1, 0.15) is 23.4 Å². The molecule has 1 saturated heterocycles. The van der Waals surface area contributed by atoms with Gasteiger partial charge < -0.3 is 9.80 Å². The maximum Gasteiger partial charge on any atom is 0.293 e. The zero-order chi connectivity index (χ0) is 11.5. The van der Waals surface area contributed by atoms with E-state index in [1.54, 1.807) is 0 Å². The summed E-state index contributed by atoms with van der Waals surface area (Å²) in [5.74, 6) is 0.989. The van der Waals surface area contributed by atoms with Gasteiger partial charge in [-0.1, -0.05) is 6.92 Å². The third-order valence-electron chi connectivity index (χ3n) is 2.85. The summed E-state index contributed by atoms with van der Waals surface area (Å²) in [7, 11) is 2.06. The smallest absolute Gasteiger partial charge is 0.293 e. The van der Waals surface area contributed by atoms with Gasteiger partial charge in [0.1, 0.15) is 5.82 Å². The standard InChI is InChI=1S/C10H17N5O/c1-3-8-11-9(13-12-8)10(16)15-6-4-14(2)5-7-15/h3-7H2,1-2H3,(H,11,12,13). The highest BCUT2D eigenvalue weighted by Crippen LogP contribution is 2.04. The summed E-state index contributed by atoms with van der Waals surface area (Å²) in [4.78, 5) is 20.2. The van der Waals surface area contributed by atoms with Crippen molar-refractivity contribution >= 4 is 5.91 Å². The average Bonchev–Trinajstić information content (AvgIpc) is 2.77. The zero-order valence-corrected chi connectivity index (χ0v) is 9.73. The molecule has 2 rings (SSSR count). The summed E-state index contributed by atoms with van der Waals surface area (Å²) in [6, 6.07) is 0. The lowest BCUT2D eigenvalue weighted by atomic mass is 10.3. The number of H-pyrrole nitrogens is 1. The normalized spacial score (nSPS) is 17.8. The predicted molar refractivity (Wildman–Crippen MR) is 59.2 cm³/mol. The summed E-state index contributed by atoms with van der Waals surface area (Å²) >= 11 is 0. The molecule has 0 radical (unpaired) electrons. The Morgan fingerprint density at radius 3 is 2.62 bits per heavy atom. The van der Waals surface area contributed by atoms with E-state index in [0.717, 1.165) is 38.4 Å². The molecule has 1 aromatic heterocycles. The molecule has 1 aliphatic rings. The van der Waals surface area contributed by atoms with E-state index < -0.39 is 0 Å². The van der Waals surface area contributed by atoms with Gasteiger partial charge in [-0.25, -0.2) is 4.98 Å². The molecule has 6 heteroatoms. The average molecular weight is 223 g/mol. The minimum Gasteiger partial charge on any atom is -0.333 e. The molecule has 1 amide bonds. The number of carbonyl (C=O) groups excluding carboxylic acids is 1. The van der Waals surface area contributed by atoms with Crippen LogP contribution in [-0.2, 0) is 6.42 Å². The Morgan fingerprint density at radius 2 is 2.06 bits per heavy atom. The molecule has 0 saturated carbocycles. The van der Waals surface area contributed by atoms with E-state index in [9.17, 15) is 4.79 Å². The van der Waals surface area contributed by atoms with Crippen molar-refractivity contribution in [1.82, 2.24) is 25.0 Å². The van der Waals surface area contributed by atoms with Gasteiger partial charge in [-0.3, -0.25) is 9.89 Å². The van der Waals surface area contributed by atoms with Crippen molar-refractivity contribution in [2.45, 2.75) is 13.3 Å². The molecule has 0 bridgehead atoms. The van der Waals surface area contributed by atoms with Gasteiger partial charge in [-0.05, 0) is 7.05 Å². The molecule has 0 atom stereocenters. The largest absolute Gasteiger partial charge is 0.333 e. The number of nitrogens with zero attached hydrogens (tertiary/aromatic N) is 4. The number of carbonyl (C=O) groups is 1. The lowest BCUT2D eigenvalue weighted by Crippen LogP contribution is -2.47. The first-order valence-corrected chi connectivity index (χ1v) is 5.59. The molecule has 16 heavy (non-hydrogen) atoms. The van der Waals surface area contributed by atoms with E-state index in [4.69, 9.17) is 0 Å². The van der Waals surface area contributed by atoms with Crippen molar-refractivity contribution in [2.75, 3.05) is 33.2 Å². The van der Waals surface area contributed by atoms with Crippen LogP contribution in [0.3, 0.4) is 0 Å². The molecule has 88 valence electrons. The van der Waals surface area contributed by atoms with Crippen molar-refractivity contribution in [3.05, 3.63) is 11.6 Å². The van der Waals surface area contributed by atoms with Crippen LogP contribution in [0.2, 0.25) is 0 Å². The highest BCUT2D eigenvalue weighted by molar-refractivity contribution is 5.90. The quantitative estimate of drug-likeness (QED) is 0.751. The molecular formula is C10H17N5O. The molecular weight excluding hydrogens is 206 g/mol. The lowest BCUT2D eigenvalue weighted by molar-refractivity contribution is 0.0652. The van der Waals surface area contributed by atoms with E-state index in [0.29, 0.717) is 5.82 Å². The molecule has 6 nitrogen and oxygen atoms in total. The third kappa shape index (κ3) is 2.21. The van der Waals surface area contributed by atoms with Crippen molar-refractivity contribution in [2.24, 2.45) is 0 Å². The number of aryl methyl sites for hydroxylation is 1. The van der Waals surface area contributed by atoms with Crippen LogP contribution >= 0.6 is 0 Å². The molecule has 2 heterocycles. The van der Waals surface area contributed by atoms with E-state index in [1.807, 2.05) is 11.8 Å². The van der Waals surface area contributed by atoms with Crippen molar-refractivity contribution in [3.63, 3.8) is 0 Å². The van der Waals surface area contributed by atoms with Gasteiger partial charge >= 0.3 is 0 Å². The first kappa shape index (κ1) is 11.1. The first-order chi connectivity index (χ1) is 7.70. The van der Waals surface area contributed by atoms with Gasteiger partial charge in [0.05, 0.1) is 0 Å². The van der Waals surface area contributed by atoms with Gasteiger partial charge in [0.15, 0.2) is 0 Å². The Hall–Kier alpha value is -1.43. The fraction of sp³-hybridized carbons (Fsp3) is 0.700. The van der Waals surface area contributed by atoms with E-state index in [-0.39, 0.29) is 5.91 Å². The van der Waals surface area contributed by atoms with E-state index >= 15 is 0 Å². The van der Waals surface area contributed by atoms with Crippen molar-refractivity contribution in [3.8, 4) is 0 Å². The molecule has 1 fully saturated rings. The summed E-state index contributed by atoms with van der Waals surface area (Å²) in [5.41, 5.74) is 0. The maximum absolute atomic E-state index is 12.0. The Balaban J connectivity index is 2.01. The molecule has 0 unspecified atom stereocenters. The number of hydrogen-bond donors (Lipinski definition) is 1. The Bertz CT molecular complexity index is 367. The molecule has 1 N–H and O–H groups in total. The summed E-state index contributed by atoms with van der Waals surface area (Å²) < 4.78 is 0. The Morgan fingerprint density at radius 1 is 1.38 bits per heavy atom. The Kier molecular flexibility index (Phi) is 3.19. The highest BCUT2D eigenvalue weighted by Gasteiger charge is 2.23. The molecule has 1 aromatic rings. The van der Waals surface area contributed by atoms with Crippen LogP contribution in [0.15, 0.2) is 0 Å². The number of aromatic amines is 1. The van der Waals surface area contributed by atoms with Crippen LogP contribution < -0.4 is 0 Å². The number of amides is 1. The molecule has 0 aromatic carbocycles. The third-order valence-corrected chi connectivity index (χ3v) is 2.85. The minimum atomic E-state index is -0.0657. The van der Waals surface area contributed by atoms with Gasteiger partial charge in [-0.15, -0.1) is 5.10 Å². The van der Waals surface area contributed by atoms with Crippen molar-refractivity contribution in [1.29, 1.82) is 0 Å².